The predicted octanol–water partition coefficient (Wildman–Crippen LogP) is 5.79. The molecule has 0 aliphatic heterocycles. The molecule has 0 bridgehead atoms. The quantitative estimate of drug-likeness (QED) is 0.626. The average Bonchev–Trinajstić information content (AvgIpc) is 2.54. The molecule has 2 rings (SSSR count). The molecule has 0 aromatic rings. The van der Waals surface area contributed by atoms with Gasteiger partial charge in [0.25, 0.3) is 0 Å². The Balaban J connectivity index is 1.89. The van der Waals surface area contributed by atoms with E-state index in [9.17, 15) is 0 Å². The average molecular weight is 294 g/mol. The Hall–Kier alpha value is -0.0400. The van der Waals surface area contributed by atoms with Gasteiger partial charge < -0.3 is 5.32 Å². The Kier molecular flexibility index (Phi) is 7.57. The van der Waals surface area contributed by atoms with Crippen molar-refractivity contribution in [2.75, 3.05) is 6.54 Å². The first-order valence-electron chi connectivity index (χ1n) is 10.0. The Labute approximate surface area is 133 Å². The van der Waals surface area contributed by atoms with E-state index in [1.807, 2.05) is 0 Å². The van der Waals surface area contributed by atoms with Crippen molar-refractivity contribution in [2.45, 2.75) is 97.4 Å². The molecule has 0 amide bonds. The van der Waals surface area contributed by atoms with Crippen LogP contribution in [0.15, 0.2) is 0 Å². The van der Waals surface area contributed by atoms with Gasteiger partial charge in [0.15, 0.2) is 0 Å². The van der Waals surface area contributed by atoms with Crippen LogP contribution in [0.25, 0.3) is 0 Å². The Bertz CT molecular complexity index is 267. The van der Waals surface area contributed by atoms with E-state index in [2.05, 4.69) is 26.1 Å². The molecule has 124 valence electrons. The lowest BCUT2D eigenvalue weighted by molar-refractivity contribution is 0.131. The second-order valence-corrected chi connectivity index (χ2v) is 7.85. The molecule has 0 heterocycles. The van der Waals surface area contributed by atoms with Gasteiger partial charge in [0.1, 0.15) is 0 Å². The molecule has 1 heteroatoms. The summed E-state index contributed by atoms with van der Waals surface area (Å²) >= 11 is 0. The third kappa shape index (κ3) is 4.98. The van der Waals surface area contributed by atoms with Crippen molar-refractivity contribution in [2.24, 2.45) is 23.7 Å². The second kappa shape index (κ2) is 9.18. The van der Waals surface area contributed by atoms with Crippen molar-refractivity contribution in [3.05, 3.63) is 0 Å². The summed E-state index contributed by atoms with van der Waals surface area (Å²) in [5.41, 5.74) is 0. The number of nitrogens with one attached hydrogen (secondary N) is 1. The molecule has 3 unspecified atom stereocenters. The highest BCUT2D eigenvalue weighted by molar-refractivity contribution is 4.89. The van der Waals surface area contributed by atoms with E-state index in [0.717, 1.165) is 36.3 Å². The Morgan fingerprint density at radius 2 is 1.62 bits per heavy atom. The number of rotatable bonds is 7. The van der Waals surface area contributed by atoms with Gasteiger partial charge in [-0.25, -0.2) is 0 Å². The van der Waals surface area contributed by atoms with Crippen LogP contribution in [-0.2, 0) is 0 Å². The molecule has 0 aromatic carbocycles. The lowest BCUT2D eigenvalue weighted by Gasteiger charge is -2.41. The van der Waals surface area contributed by atoms with E-state index >= 15 is 0 Å². The fourth-order valence-corrected chi connectivity index (χ4v) is 5.23. The summed E-state index contributed by atoms with van der Waals surface area (Å²) in [5, 5.41) is 3.91. The topological polar surface area (TPSA) is 12.0 Å². The molecule has 2 fully saturated rings. The van der Waals surface area contributed by atoms with Crippen molar-refractivity contribution in [1.82, 2.24) is 5.32 Å². The van der Waals surface area contributed by atoms with Crippen LogP contribution in [0.4, 0.5) is 0 Å². The molecule has 1 N–H and O–H groups in total. The molecule has 2 aliphatic rings. The highest BCUT2D eigenvalue weighted by Crippen LogP contribution is 2.40. The Morgan fingerprint density at radius 1 is 0.857 bits per heavy atom. The zero-order valence-electron chi connectivity index (χ0n) is 14.9. The predicted molar refractivity (Wildman–Crippen MR) is 93.6 cm³/mol. The van der Waals surface area contributed by atoms with Gasteiger partial charge in [-0.1, -0.05) is 65.7 Å². The standard InChI is InChI=1S/C20H39N/c1-4-8-17-11-13-18(14-12-17)20(21-6-3)19-10-7-9-16(5-2)15-19/h16-21H,4-15H2,1-3H3. The maximum Gasteiger partial charge on any atom is 0.0124 e. The summed E-state index contributed by atoms with van der Waals surface area (Å²) in [7, 11) is 0. The maximum atomic E-state index is 3.91. The molecule has 1 nitrogen and oxygen atoms in total. The lowest BCUT2D eigenvalue weighted by Crippen LogP contribution is -2.45. The van der Waals surface area contributed by atoms with Crippen LogP contribution in [-0.4, -0.2) is 12.6 Å². The van der Waals surface area contributed by atoms with E-state index in [1.165, 1.54) is 70.6 Å². The van der Waals surface area contributed by atoms with E-state index in [-0.39, 0.29) is 0 Å². The summed E-state index contributed by atoms with van der Waals surface area (Å²) < 4.78 is 0. The van der Waals surface area contributed by atoms with Gasteiger partial charge in [0, 0.05) is 6.04 Å². The zero-order valence-corrected chi connectivity index (χ0v) is 14.9. The van der Waals surface area contributed by atoms with Gasteiger partial charge in [0.2, 0.25) is 0 Å². The van der Waals surface area contributed by atoms with Gasteiger partial charge in [-0.05, 0) is 55.9 Å². The van der Waals surface area contributed by atoms with Crippen LogP contribution in [0.3, 0.4) is 0 Å². The monoisotopic (exact) mass is 293 g/mol. The number of hydrogen-bond donors (Lipinski definition) is 1. The molecule has 0 spiro atoms. The van der Waals surface area contributed by atoms with Gasteiger partial charge in [-0.2, -0.15) is 0 Å². The third-order valence-electron chi connectivity index (χ3n) is 6.44. The Morgan fingerprint density at radius 3 is 2.24 bits per heavy atom. The van der Waals surface area contributed by atoms with Crippen LogP contribution in [0, 0.1) is 23.7 Å². The third-order valence-corrected chi connectivity index (χ3v) is 6.44. The SMILES string of the molecule is CCCC1CCC(C(NCC)C2CCCC(CC)C2)CC1. The smallest absolute Gasteiger partial charge is 0.0124 e. The first-order chi connectivity index (χ1) is 10.3. The molecule has 3 atom stereocenters. The van der Waals surface area contributed by atoms with Crippen molar-refractivity contribution in [3.8, 4) is 0 Å². The highest BCUT2D eigenvalue weighted by atomic mass is 14.9. The molecule has 0 aromatic heterocycles. The van der Waals surface area contributed by atoms with Crippen molar-refractivity contribution in [1.29, 1.82) is 0 Å². The highest BCUT2D eigenvalue weighted by Gasteiger charge is 2.34. The molecule has 2 saturated carbocycles. The minimum atomic E-state index is 0.826. The maximum absolute atomic E-state index is 3.91. The molecular weight excluding hydrogens is 254 g/mol. The van der Waals surface area contributed by atoms with Gasteiger partial charge in [-0.15, -0.1) is 0 Å². The normalized spacial score (nSPS) is 35.6. The van der Waals surface area contributed by atoms with Crippen molar-refractivity contribution in [3.63, 3.8) is 0 Å². The van der Waals surface area contributed by atoms with Crippen molar-refractivity contribution >= 4 is 0 Å². The minimum Gasteiger partial charge on any atom is -0.314 e. The summed E-state index contributed by atoms with van der Waals surface area (Å²) in [6.07, 6.45) is 16.2. The summed E-state index contributed by atoms with van der Waals surface area (Å²) in [4.78, 5) is 0. The molecule has 21 heavy (non-hydrogen) atoms. The van der Waals surface area contributed by atoms with Gasteiger partial charge in [-0.3, -0.25) is 0 Å². The molecule has 2 aliphatic carbocycles. The lowest BCUT2D eigenvalue weighted by atomic mass is 9.69. The van der Waals surface area contributed by atoms with Crippen LogP contribution in [0.5, 0.6) is 0 Å². The van der Waals surface area contributed by atoms with Crippen LogP contribution in [0.1, 0.15) is 91.4 Å². The van der Waals surface area contributed by atoms with Gasteiger partial charge in [0.05, 0.1) is 0 Å². The first-order valence-corrected chi connectivity index (χ1v) is 10.0. The first kappa shape index (κ1) is 17.3. The fraction of sp³-hybridized carbons (Fsp3) is 1.00. The molecule has 0 saturated heterocycles. The van der Waals surface area contributed by atoms with E-state index < -0.39 is 0 Å². The second-order valence-electron chi connectivity index (χ2n) is 7.85. The zero-order chi connectivity index (χ0) is 15.1. The fourth-order valence-electron chi connectivity index (χ4n) is 5.23. The minimum absolute atomic E-state index is 0.826. The molecule has 0 radical (unpaired) electrons. The van der Waals surface area contributed by atoms with E-state index in [4.69, 9.17) is 0 Å². The summed E-state index contributed by atoms with van der Waals surface area (Å²) in [5.74, 6) is 4.00. The van der Waals surface area contributed by atoms with E-state index in [1.54, 1.807) is 0 Å². The van der Waals surface area contributed by atoms with E-state index in [0.29, 0.717) is 0 Å². The molecular formula is C20H39N. The van der Waals surface area contributed by atoms with Crippen molar-refractivity contribution < 1.29 is 0 Å². The summed E-state index contributed by atoms with van der Waals surface area (Å²) in [6.45, 7) is 8.20. The van der Waals surface area contributed by atoms with Crippen LogP contribution >= 0.6 is 0 Å². The largest absolute Gasteiger partial charge is 0.314 e. The summed E-state index contributed by atoms with van der Waals surface area (Å²) in [6, 6.07) is 0.826. The number of hydrogen-bond acceptors (Lipinski definition) is 1. The van der Waals surface area contributed by atoms with Gasteiger partial charge >= 0.3 is 0 Å². The van der Waals surface area contributed by atoms with Crippen LogP contribution in [0.2, 0.25) is 0 Å². The van der Waals surface area contributed by atoms with Crippen LogP contribution < -0.4 is 5.32 Å².